The molecule has 0 aliphatic carbocycles. The van der Waals surface area contributed by atoms with Crippen LogP contribution < -0.4 is 13.6 Å². The number of rotatable bonds is 4. The summed E-state index contributed by atoms with van der Waals surface area (Å²) < 4.78 is 28.7. The molecule has 3 aromatic carbocycles. The average Bonchev–Trinajstić information content (AvgIpc) is 2.79. The molecule has 0 unspecified atom stereocenters. The Bertz CT molecular complexity index is 1490. The summed E-state index contributed by atoms with van der Waals surface area (Å²) in [5.74, 6) is -2.84. The molecule has 40 heavy (non-hydrogen) atoms. The van der Waals surface area contributed by atoms with Crippen molar-refractivity contribution in [2.24, 2.45) is 0 Å². The van der Waals surface area contributed by atoms with Crippen LogP contribution in [0.1, 0.15) is 43.4 Å². The lowest BCUT2D eigenvalue weighted by atomic mass is 9.87. The first-order valence-electron chi connectivity index (χ1n) is 11.2. The number of nitro groups is 2. The molecule has 1 aliphatic heterocycles. The van der Waals surface area contributed by atoms with Gasteiger partial charge in [-0.2, -0.15) is 4.57 Å². The number of halogens is 5. The van der Waals surface area contributed by atoms with Gasteiger partial charge in [-0.25, -0.2) is 0 Å². The third-order valence-electron chi connectivity index (χ3n) is 5.81. The second-order valence-corrected chi connectivity index (χ2v) is 14.4. The summed E-state index contributed by atoms with van der Waals surface area (Å²) in [6.07, 6.45) is 0. The first-order valence-corrected chi connectivity index (χ1v) is 14.6. The molecule has 0 aromatic heterocycles. The Morgan fingerprint density at radius 2 is 1.25 bits per heavy atom. The number of phosphoric ester groups is 1. The molecule has 0 atom stereocenters. The largest absolute Gasteiger partial charge is 0.647 e. The van der Waals surface area contributed by atoms with Crippen molar-refractivity contribution in [3.63, 3.8) is 0 Å². The van der Waals surface area contributed by atoms with Crippen LogP contribution in [0.4, 0.5) is 11.4 Å². The van der Waals surface area contributed by atoms with Gasteiger partial charge in [0.15, 0.2) is 0 Å². The molecular weight excluding hydrogens is 653 g/mol. The normalized spacial score (nSPS) is 18.8. The van der Waals surface area contributed by atoms with Gasteiger partial charge in [-0.05, 0) is 35.2 Å². The molecule has 16 heteroatoms. The van der Waals surface area contributed by atoms with E-state index >= 15 is 0 Å². The molecule has 0 amide bonds. The highest BCUT2D eigenvalue weighted by molar-refractivity contribution is 7.49. The molecule has 4 rings (SSSR count). The van der Waals surface area contributed by atoms with Crippen LogP contribution in [0.3, 0.4) is 0 Å². The van der Waals surface area contributed by atoms with E-state index in [1.54, 1.807) is 12.1 Å². The Labute approximate surface area is 252 Å². The van der Waals surface area contributed by atoms with Crippen LogP contribution in [0.25, 0.3) is 0 Å². The van der Waals surface area contributed by atoms with Crippen molar-refractivity contribution < 1.29 is 28.0 Å². The number of fused-ring (bicyclic) bond motifs is 2. The zero-order valence-electron chi connectivity index (χ0n) is 20.7. The highest BCUT2D eigenvalue weighted by atomic mass is 35.6. The number of benzene rings is 3. The van der Waals surface area contributed by atoms with Crippen LogP contribution in [-0.4, -0.2) is 13.6 Å². The van der Waals surface area contributed by atoms with Gasteiger partial charge in [0.2, 0.25) is 15.3 Å². The highest BCUT2D eigenvalue weighted by Gasteiger charge is 2.49. The quantitative estimate of drug-likeness (QED) is 0.116. The van der Waals surface area contributed by atoms with Crippen molar-refractivity contribution in [1.82, 2.24) is 0 Å². The minimum Gasteiger partial charge on any atom is -0.386 e. The van der Waals surface area contributed by atoms with E-state index in [9.17, 15) is 24.8 Å². The van der Waals surface area contributed by atoms with E-state index in [0.29, 0.717) is 0 Å². The Kier molecular flexibility index (Phi) is 8.19. The summed E-state index contributed by atoms with van der Waals surface area (Å²) in [6, 6.07) is 10.6. The highest BCUT2D eigenvalue weighted by Crippen LogP contribution is 2.62. The van der Waals surface area contributed by atoms with E-state index in [-0.39, 0.29) is 32.3 Å². The van der Waals surface area contributed by atoms with Gasteiger partial charge in [0.05, 0.1) is 15.8 Å². The summed E-state index contributed by atoms with van der Waals surface area (Å²) in [5, 5.41) is 23.7. The summed E-state index contributed by atoms with van der Waals surface area (Å²) in [4.78, 5) is 22.3. The first kappa shape index (κ1) is 30.5. The molecule has 0 bridgehead atoms. The monoisotopic (exact) mass is 668 g/mol. The van der Waals surface area contributed by atoms with Crippen molar-refractivity contribution in [2.75, 3.05) is 0 Å². The maximum absolute atomic E-state index is 14.2. The molecule has 1 heterocycles. The predicted molar refractivity (Wildman–Crippen MR) is 153 cm³/mol. The maximum atomic E-state index is 14.2. The van der Waals surface area contributed by atoms with E-state index in [0.717, 1.165) is 17.7 Å². The van der Waals surface area contributed by atoms with E-state index in [1.165, 1.54) is 24.3 Å². The molecule has 0 N–H and O–H groups in total. The third kappa shape index (κ3) is 6.22. The molecule has 0 radical (unpaired) electrons. The minimum absolute atomic E-state index is 0.0221. The van der Waals surface area contributed by atoms with Gasteiger partial charge >= 0.3 is 19.2 Å². The molecular formula is C24H18Cl5N2O8P. The van der Waals surface area contributed by atoms with Crippen LogP contribution >= 0.6 is 65.8 Å². The van der Waals surface area contributed by atoms with Gasteiger partial charge in [-0.1, -0.05) is 90.9 Å². The van der Waals surface area contributed by atoms with Crippen LogP contribution in [0.5, 0.6) is 17.2 Å². The molecule has 212 valence electrons. The molecule has 0 fully saturated rings. The smallest absolute Gasteiger partial charge is 0.386 e. The van der Waals surface area contributed by atoms with E-state index < -0.39 is 50.3 Å². The lowest BCUT2D eigenvalue weighted by Crippen LogP contribution is -2.24. The molecule has 0 spiro atoms. The van der Waals surface area contributed by atoms with Crippen LogP contribution in [-0.2, 0) is 9.98 Å². The molecule has 0 saturated carbocycles. The van der Waals surface area contributed by atoms with Gasteiger partial charge < -0.3 is 13.6 Å². The predicted octanol–water partition coefficient (Wildman–Crippen LogP) is 9.57. The summed E-state index contributed by atoms with van der Waals surface area (Å²) >= 11 is 31.3. The van der Waals surface area contributed by atoms with Crippen molar-refractivity contribution in [3.8, 4) is 17.2 Å². The number of hydrogen-bond acceptors (Lipinski definition) is 8. The van der Waals surface area contributed by atoms with Crippen LogP contribution in [0.15, 0.2) is 48.5 Å². The fourth-order valence-electron chi connectivity index (χ4n) is 4.04. The van der Waals surface area contributed by atoms with E-state index in [4.69, 9.17) is 71.6 Å². The second-order valence-electron chi connectivity index (χ2n) is 9.67. The van der Waals surface area contributed by atoms with E-state index in [1.807, 2.05) is 20.8 Å². The zero-order valence-corrected chi connectivity index (χ0v) is 25.4. The van der Waals surface area contributed by atoms with Crippen molar-refractivity contribution >= 4 is 77.2 Å². The molecule has 0 saturated heterocycles. The average molecular weight is 671 g/mol. The van der Waals surface area contributed by atoms with E-state index in [2.05, 4.69) is 0 Å². The van der Waals surface area contributed by atoms with Crippen molar-refractivity contribution in [3.05, 3.63) is 95.5 Å². The fraction of sp³-hybridized carbons (Fsp3) is 0.250. The Morgan fingerprint density at radius 1 is 0.825 bits per heavy atom. The zero-order chi connectivity index (χ0) is 29.8. The summed E-state index contributed by atoms with van der Waals surface area (Å²) in [6.45, 7) is 5.94. The topological polar surface area (TPSA) is 131 Å². The van der Waals surface area contributed by atoms with Gasteiger partial charge in [-0.3, -0.25) is 20.2 Å². The van der Waals surface area contributed by atoms with Gasteiger partial charge in [0, 0.05) is 33.3 Å². The Hall–Kier alpha value is -2.46. The Balaban J connectivity index is 2.03. The minimum atomic E-state index is -4.99. The van der Waals surface area contributed by atoms with Crippen LogP contribution in [0.2, 0.25) is 10.0 Å². The Morgan fingerprint density at radius 3 is 1.60 bits per heavy atom. The molecule has 3 aromatic rings. The number of hydrogen-bond donors (Lipinski definition) is 0. The summed E-state index contributed by atoms with van der Waals surface area (Å²) in [5.41, 5.74) is -1.27. The van der Waals surface area contributed by atoms with Gasteiger partial charge in [-0.15, -0.1) is 0 Å². The number of phosphoric acid groups is 1. The van der Waals surface area contributed by atoms with Crippen molar-refractivity contribution in [2.45, 2.75) is 35.9 Å². The number of nitro benzene ring substituents is 2. The fourth-order valence-corrected chi connectivity index (χ4v) is 6.53. The third-order valence-corrected chi connectivity index (χ3v) is 8.15. The maximum Gasteiger partial charge on any atom is 0.647 e. The lowest BCUT2D eigenvalue weighted by Gasteiger charge is -2.32. The first-order chi connectivity index (χ1) is 18.4. The second kappa shape index (κ2) is 10.7. The standard InChI is InChI=1S/C24H18Cl5N2O8P/c1-23(2,3)12-4-6-15(7-5-12)37-40(36)38-21-16(8-13(25)10-18(21)30(32)33)20(24(27,28)29)17-9-14(26)11-19(31(34)35)22(17)39-40/h4-11,20H,1-3H3. The number of alkyl halides is 3. The lowest BCUT2D eigenvalue weighted by molar-refractivity contribution is -0.385. The SMILES string of the molecule is CC(C)(C)c1ccc(OP2(=O)Oc3c(cc(Cl)cc3[N+](=O)[O-])C(C(Cl)(Cl)Cl)c3cc(Cl)cc([N+](=O)[O-])c3O2)cc1. The summed E-state index contributed by atoms with van der Waals surface area (Å²) in [7, 11) is -4.99. The van der Waals surface area contributed by atoms with Crippen LogP contribution in [0, 0.1) is 20.2 Å². The van der Waals surface area contributed by atoms with Gasteiger partial charge in [0.25, 0.3) is 0 Å². The molecule has 10 nitrogen and oxygen atoms in total. The number of nitrogens with zero attached hydrogens (tertiary/aromatic N) is 2. The van der Waals surface area contributed by atoms with Crippen molar-refractivity contribution in [1.29, 1.82) is 0 Å². The van der Waals surface area contributed by atoms with Gasteiger partial charge in [0.1, 0.15) is 5.75 Å². The molecule has 1 aliphatic rings.